The number of anilines is 3. The summed E-state index contributed by atoms with van der Waals surface area (Å²) in [5.41, 5.74) is 16.1. The third-order valence-corrected chi connectivity index (χ3v) is 12.0. The first-order chi connectivity index (χ1) is 27.4. The molecule has 0 saturated carbocycles. The number of nitrogens with zero attached hydrogens (tertiary/aromatic N) is 3. The molecule has 0 amide bonds. The largest absolute Gasteiger partial charge is 0.456 e. The Morgan fingerprint density at radius 1 is 0.411 bits per heavy atom. The van der Waals surface area contributed by atoms with Gasteiger partial charge in [0.2, 0.25) is 0 Å². The van der Waals surface area contributed by atoms with Crippen molar-refractivity contribution in [3.8, 4) is 11.1 Å². The highest BCUT2D eigenvalue weighted by atomic mass is 16.3. The van der Waals surface area contributed by atoms with Gasteiger partial charge in [0.05, 0.1) is 33.1 Å². The van der Waals surface area contributed by atoms with Gasteiger partial charge in [-0.05, 0) is 77.2 Å². The van der Waals surface area contributed by atoms with E-state index in [4.69, 9.17) is 4.42 Å². The summed E-state index contributed by atoms with van der Waals surface area (Å²) in [6, 6.07) is 62.0. The molecule has 12 rings (SSSR count). The minimum absolute atomic E-state index is 0.0584. The summed E-state index contributed by atoms with van der Waals surface area (Å²) < 4.78 is 11.4. The van der Waals surface area contributed by atoms with Gasteiger partial charge in [-0.2, -0.15) is 0 Å². The van der Waals surface area contributed by atoms with Gasteiger partial charge in [0, 0.05) is 61.0 Å². The molecule has 0 aliphatic rings. The highest BCUT2D eigenvalue weighted by Gasteiger charge is 2.24. The molecular weight excluding hydrogens is 683 g/mol. The maximum Gasteiger partial charge on any atom is 0.137 e. The van der Waals surface area contributed by atoms with Gasteiger partial charge in [-0.15, -0.1) is 0 Å². The lowest BCUT2D eigenvalue weighted by Crippen LogP contribution is -2.13. The third kappa shape index (κ3) is 4.30. The average molecular weight is 720 g/mol. The lowest BCUT2D eigenvalue weighted by molar-refractivity contribution is 0.590. The fourth-order valence-corrected chi connectivity index (χ4v) is 9.36. The van der Waals surface area contributed by atoms with Crippen LogP contribution >= 0.6 is 0 Å². The van der Waals surface area contributed by atoms with Crippen LogP contribution in [-0.2, 0) is 5.41 Å². The molecule has 8 aromatic carbocycles. The number of fused-ring (bicyclic) bond motifs is 12. The molecule has 0 radical (unpaired) electrons. The molecule has 266 valence electrons. The summed E-state index contributed by atoms with van der Waals surface area (Å²) in [5, 5.41) is 7.37. The van der Waals surface area contributed by atoms with Crippen LogP contribution in [0.5, 0.6) is 0 Å². The molecule has 0 aliphatic carbocycles. The molecule has 0 saturated heterocycles. The van der Waals surface area contributed by atoms with E-state index in [0.717, 1.165) is 39.0 Å². The minimum atomic E-state index is 0.0584. The van der Waals surface area contributed by atoms with Crippen LogP contribution in [0.2, 0.25) is 0 Å². The van der Waals surface area contributed by atoms with Crippen LogP contribution in [0.3, 0.4) is 0 Å². The van der Waals surface area contributed by atoms with Gasteiger partial charge in [-0.3, -0.25) is 0 Å². The number of hydrogen-bond acceptors (Lipinski definition) is 2. The SMILES string of the molecule is CC(C)(C)c1ccc(N(c2ccc(-c3cccc4c3n3c5ccccc5c5ccc6c7ccccc7n4c6c53)cc2)c2ccc3c(c2)oc2ccccc23)cc1. The van der Waals surface area contributed by atoms with Crippen molar-refractivity contribution in [1.29, 1.82) is 0 Å². The van der Waals surface area contributed by atoms with Crippen LogP contribution in [0, 0.1) is 0 Å². The van der Waals surface area contributed by atoms with Gasteiger partial charge >= 0.3 is 0 Å². The predicted molar refractivity (Wildman–Crippen MR) is 236 cm³/mol. The predicted octanol–water partition coefficient (Wildman–Crippen LogP) is 14.6. The molecule has 0 atom stereocenters. The van der Waals surface area contributed by atoms with Gasteiger partial charge in [0.1, 0.15) is 11.2 Å². The molecule has 56 heavy (non-hydrogen) atoms. The molecule has 0 bridgehead atoms. The van der Waals surface area contributed by atoms with E-state index in [0.29, 0.717) is 0 Å². The van der Waals surface area contributed by atoms with Crippen molar-refractivity contribution < 1.29 is 4.42 Å². The van der Waals surface area contributed by atoms with E-state index in [1.165, 1.54) is 71.3 Å². The molecule has 4 nitrogen and oxygen atoms in total. The minimum Gasteiger partial charge on any atom is -0.456 e. The number of aromatic nitrogens is 2. The highest BCUT2D eigenvalue weighted by molar-refractivity contribution is 6.26. The molecule has 0 aliphatic heterocycles. The van der Waals surface area contributed by atoms with Gasteiger partial charge in [0.25, 0.3) is 0 Å². The zero-order chi connectivity index (χ0) is 37.3. The van der Waals surface area contributed by atoms with Gasteiger partial charge in [0.15, 0.2) is 0 Å². The van der Waals surface area contributed by atoms with Crippen molar-refractivity contribution in [3.05, 3.63) is 175 Å². The quantitative estimate of drug-likeness (QED) is 0.169. The standard InChI is InChI=1S/C52H37N3O/c1-52(2,3)33-21-25-35(26-22-33)53(36-27-28-41-40-13-6-9-18-47(40)56-48(41)31-36)34-23-19-32(20-24-34)37-14-10-17-46-49(37)55-45-16-8-5-12-39(45)43-30-29-42-38-11-4-7-15-44(38)54(46)50(42)51(43)55/h4-31H,1-3H3. The second-order valence-electron chi connectivity index (χ2n) is 16.2. The normalized spacial score (nSPS) is 12.6. The monoisotopic (exact) mass is 719 g/mol. The first-order valence-electron chi connectivity index (χ1n) is 19.4. The summed E-state index contributed by atoms with van der Waals surface area (Å²) >= 11 is 0. The summed E-state index contributed by atoms with van der Waals surface area (Å²) in [6.07, 6.45) is 0. The zero-order valence-electron chi connectivity index (χ0n) is 31.4. The van der Waals surface area contributed by atoms with Crippen LogP contribution in [0.4, 0.5) is 17.1 Å². The van der Waals surface area contributed by atoms with Crippen LogP contribution in [0.1, 0.15) is 26.3 Å². The Morgan fingerprint density at radius 2 is 0.946 bits per heavy atom. The van der Waals surface area contributed by atoms with E-state index in [2.05, 4.69) is 192 Å². The molecular formula is C52H37N3O. The van der Waals surface area contributed by atoms with Crippen molar-refractivity contribution in [2.45, 2.75) is 26.2 Å². The Hall–Kier alpha value is -7.04. The summed E-state index contributed by atoms with van der Waals surface area (Å²) in [4.78, 5) is 2.34. The first-order valence-corrected chi connectivity index (χ1v) is 19.4. The van der Waals surface area contributed by atoms with Crippen LogP contribution < -0.4 is 4.90 Å². The molecule has 4 heterocycles. The molecule has 0 N–H and O–H groups in total. The van der Waals surface area contributed by atoms with Gasteiger partial charge in [-0.25, -0.2) is 0 Å². The maximum absolute atomic E-state index is 6.39. The van der Waals surface area contributed by atoms with E-state index < -0.39 is 0 Å². The highest BCUT2D eigenvalue weighted by Crippen LogP contribution is 2.45. The van der Waals surface area contributed by atoms with Crippen LogP contribution in [-0.4, -0.2) is 8.80 Å². The van der Waals surface area contributed by atoms with Gasteiger partial charge < -0.3 is 18.1 Å². The number of rotatable bonds is 4. The Balaban J connectivity index is 1.08. The van der Waals surface area contributed by atoms with E-state index in [1.807, 2.05) is 12.1 Å². The second kappa shape index (κ2) is 11.2. The second-order valence-corrected chi connectivity index (χ2v) is 16.2. The third-order valence-electron chi connectivity index (χ3n) is 12.0. The maximum atomic E-state index is 6.39. The van der Waals surface area contributed by atoms with Crippen LogP contribution in [0.15, 0.2) is 174 Å². The van der Waals surface area contributed by atoms with Gasteiger partial charge in [-0.1, -0.05) is 124 Å². The Labute approximate surface area is 323 Å². The first kappa shape index (κ1) is 31.3. The van der Waals surface area contributed by atoms with Crippen molar-refractivity contribution in [2.24, 2.45) is 0 Å². The Bertz CT molecular complexity index is 3500. The average Bonchev–Trinajstić information content (AvgIpc) is 3.89. The molecule has 4 heteroatoms. The zero-order valence-corrected chi connectivity index (χ0v) is 31.4. The topological polar surface area (TPSA) is 25.2 Å². The van der Waals surface area contributed by atoms with E-state index in [9.17, 15) is 0 Å². The molecule has 0 fully saturated rings. The number of benzene rings is 8. The van der Waals surface area contributed by atoms with Crippen molar-refractivity contribution in [2.75, 3.05) is 4.90 Å². The molecule has 0 unspecified atom stereocenters. The van der Waals surface area contributed by atoms with E-state index in [-0.39, 0.29) is 5.41 Å². The number of para-hydroxylation sites is 4. The molecule has 0 spiro atoms. The summed E-state index contributed by atoms with van der Waals surface area (Å²) in [5.74, 6) is 0. The van der Waals surface area contributed by atoms with E-state index >= 15 is 0 Å². The Kier molecular flexibility index (Phi) is 6.29. The van der Waals surface area contributed by atoms with E-state index in [1.54, 1.807) is 0 Å². The number of furan rings is 1. The fourth-order valence-electron chi connectivity index (χ4n) is 9.36. The van der Waals surface area contributed by atoms with Crippen molar-refractivity contribution in [1.82, 2.24) is 8.80 Å². The van der Waals surface area contributed by atoms with Crippen LogP contribution in [0.25, 0.3) is 87.7 Å². The van der Waals surface area contributed by atoms with Crippen molar-refractivity contribution >= 4 is 93.6 Å². The lowest BCUT2D eigenvalue weighted by atomic mass is 9.87. The summed E-state index contributed by atoms with van der Waals surface area (Å²) in [7, 11) is 0. The Morgan fingerprint density at radius 3 is 1.64 bits per heavy atom. The number of hydrogen-bond donors (Lipinski definition) is 0. The molecule has 4 aromatic heterocycles. The fraction of sp³-hybridized carbons (Fsp3) is 0.0769. The smallest absolute Gasteiger partial charge is 0.137 e. The molecule has 12 aromatic rings. The summed E-state index contributed by atoms with van der Waals surface area (Å²) in [6.45, 7) is 6.79. The lowest BCUT2D eigenvalue weighted by Gasteiger charge is -2.27. The van der Waals surface area contributed by atoms with Crippen molar-refractivity contribution in [3.63, 3.8) is 0 Å².